The number of benzene rings is 1. The van der Waals surface area contributed by atoms with Crippen LogP contribution in [0.15, 0.2) is 28.2 Å². The topological polar surface area (TPSA) is 98.2 Å². The number of hydrogen-bond donors (Lipinski definition) is 2. The second-order valence-corrected chi connectivity index (χ2v) is 7.04. The van der Waals surface area contributed by atoms with Crippen LogP contribution >= 0.6 is 11.8 Å². The van der Waals surface area contributed by atoms with Crippen molar-refractivity contribution in [3.8, 4) is 11.5 Å². The number of anilines is 1. The summed E-state index contributed by atoms with van der Waals surface area (Å²) < 4.78 is 12.0. The fourth-order valence-electron chi connectivity index (χ4n) is 2.40. The summed E-state index contributed by atoms with van der Waals surface area (Å²) in [6, 6.07) is 5.37. The first-order valence-corrected chi connectivity index (χ1v) is 8.78. The van der Waals surface area contributed by atoms with E-state index in [4.69, 9.17) is 9.47 Å². The van der Waals surface area contributed by atoms with Gasteiger partial charge in [0.2, 0.25) is 5.91 Å². The van der Waals surface area contributed by atoms with Gasteiger partial charge in [-0.3, -0.25) is 9.36 Å². The van der Waals surface area contributed by atoms with Gasteiger partial charge >= 0.3 is 5.69 Å². The quantitative estimate of drug-likeness (QED) is 0.730. The lowest BCUT2D eigenvalue weighted by atomic mass is 10.2. The maximum Gasteiger partial charge on any atom is 0.344 e. The maximum atomic E-state index is 12.4. The van der Waals surface area contributed by atoms with Crippen molar-refractivity contribution in [2.75, 3.05) is 19.5 Å². The van der Waals surface area contributed by atoms with Crippen LogP contribution in [0.2, 0.25) is 0 Å². The molecule has 1 aliphatic rings. The van der Waals surface area contributed by atoms with E-state index in [1.165, 1.54) is 18.9 Å². The van der Waals surface area contributed by atoms with Gasteiger partial charge in [0, 0.05) is 17.8 Å². The highest BCUT2D eigenvalue weighted by Crippen LogP contribution is 2.37. The third-order valence-electron chi connectivity index (χ3n) is 3.89. The van der Waals surface area contributed by atoms with Crippen LogP contribution in [0, 0.1) is 0 Å². The van der Waals surface area contributed by atoms with Gasteiger partial charge in [0.15, 0.2) is 16.7 Å². The number of hydrogen-bond acceptors (Lipinski definition) is 6. The molecule has 1 heterocycles. The molecule has 1 aliphatic carbocycles. The number of rotatable bonds is 7. The Balaban J connectivity index is 1.68. The van der Waals surface area contributed by atoms with Crippen molar-refractivity contribution in [3.05, 3.63) is 28.7 Å². The van der Waals surface area contributed by atoms with Gasteiger partial charge in [0.1, 0.15) is 0 Å². The molecule has 1 fully saturated rings. The zero-order valence-corrected chi connectivity index (χ0v) is 15.1. The first-order chi connectivity index (χ1) is 12.0. The number of carbonyl (C=O) groups excluding carboxylic acids is 1. The summed E-state index contributed by atoms with van der Waals surface area (Å²) >= 11 is 1.26. The molecule has 134 valence electrons. The van der Waals surface area contributed by atoms with Crippen LogP contribution < -0.4 is 20.5 Å². The van der Waals surface area contributed by atoms with Crippen molar-refractivity contribution in [2.45, 2.75) is 36.2 Å². The molecule has 2 aromatic rings. The molecular formula is C16H20N4O4S. The highest BCUT2D eigenvalue weighted by Gasteiger charge is 2.30. The Morgan fingerprint density at radius 3 is 2.72 bits per heavy atom. The van der Waals surface area contributed by atoms with Crippen LogP contribution in [0.3, 0.4) is 0 Å². The minimum Gasteiger partial charge on any atom is -0.493 e. The largest absolute Gasteiger partial charge is 0.493 e. The molecule has 0 bridgehead atoms. The molecule has 1 amide bonds. The third kappa shape index (κ3) is 3.81. The SMILES string of the molecule is COc1ccc(NC(=O)[C@@H](C)Sc2n[nH]c(=O)n2C2CC2)cc1OC. The van der Waals surface area contributed by atoms with E-state index in [1.54, 1.807) is 36.8 Å². The number of aromatic nitrogens is 3. The van der Waals surface area contributed by atoms with Gasteiger partial charge in [-0.1, -0.05) is 11.8 Å². The molecule has 1 aromatic heterocycles. The molecular weight excluding hydrogens is 344 g/mol. The first-order valence-electron chi connectivity index (χ1n) is 7.90. The van der Waals surface area contributed by atoms with Crippen molar-refractivity contribution in [3.63, 3.8) is 0 Å². The Morgan fingerprint density at radius 2 is 2.08 bits per heavy atom. The average Bonchev–Trinajstić information content (AvgIpc) is 3.38. The fraction of sp³-hybridized carbons (Fsp3) is 0.438. The average molecular weight is 364 g/mol. The Labute approximate surface area is 148 Å². The van der Waals surface area contributed by atoms with Gasteiger partial charge < -0.3 is 14.8 Å². The summed E-state index contributed by atoms with van der Waals surface area (Å²) in [4.78, 5) is 24.2. The summed E-state index contributed by atoms with van der Waals surface area (Å²) in [5, 5.41) is 9.45. The number of nitrogens with zero attached hydrogens (tertiary/aromatic N) is 2. The molecule has 3 rings (SSSR count). The fourth-order valence-corrected chi connectivity index (χ4v) is 3.32. The minimum absolute atomic E-state index is 0.185. The maximum absolute atomic E-state index is 12.4. The van der Waals surface area contributed by atoms with Crippen LogP contribution in [0.1, 0.15) is 25.8 Å². The molecule has 0 spiro atoms. The van der Waals surface area contributed by atoms with E-state index in [0.717, 1.165) is 12.8 Å². The van der Waals surface area contributed by atoms with Crippen LogP contribution in [0.4, 0.5) is 5.69 Å². The van der Waals surface area contributed by atoms with Crippen molar-refractivity contribution in [1.82, 2.24) is 14.8 Å². The molecule has 0 aliphatic heterocycles. The summed E-state index contributed by atoms with van der Waals surface area (Å²) in [6.07, 6.45) is 1.94. The Hall–Kier alpha value is -2.42. The molecule has 25 heavy (non-hydrogen) atoms. The molecule has 8 nitrogen and oxygen atoms in total. The smallest absolute Gasteiger partial charge is 0.344 e. The third-order valence-corrected chi connectivity index (χ3v) is 4.95. The monoisotopic (exact) mass is 364 g/mol. The van der Waals surface area contributed by atoms with E-state index in [1.807, 2.05) is 0 Å². The Kier molecular flexibility index (Phi) is 5.03. The van der Waals surface area contributed by atoms with Crippen molar-refractivity contribution in [1.29, 1.82) is 0 Å². The standard InChI is InChI=1S/C16H20N4O4S/c1-9(25-16-19-18-15(22)20(16)11-5-6-11)14(21)17-10-4-7-12(23-2)13(8-10)24-3/h4,7-9,11H,5-6H2,1-3H3,(H,17,21)(H,18,22)/t9-/m1/s1. The molecule has 2 N–H and O–H groups in total. The number of H-pyrrole nitrogens is 1. The lowest BCUT2D eigenvalue weighted by molar-refractivity contribution is -0.115. The van der Waals surface area contributed by atoms with Crippen molar-refractivity contribution >= 4 is 23.4 Å². The lowest BCUT2D eigenvalue weighted by Gasteiger charge is -2.13. The van der Waals surface area contributed by atoms with E-state index in [-0.39, 0.29) is 17.6 Å². The summed E-state index contributed by atoms with van der Waals surface area (Å²) in [5.74, 6) is 0.943. The van der Waals surface area contributed by atoms with Crippen molar-refractivity contribution < 1.29 is 14.3 Å². The minimum atomic E-state index is -0.416. The van der Waals surface area contributed by atoms with Crippen LogP contribution in [-0.2, 0) is 4.79 Å². The molecule has 0 saturated heterocycles. The van der Waals surface area contributed by atoms with Gasteiger partial charge in [-0.2, -0.15) is 0 Å². The zero-order valence-electron chi connectivity index (χ0n) is 14.2. The summed E-state index contributed by atoms with van der Waals surface area (Å²) in [6.45, 7) is 1.77. The van der Waals surface area contributed by atoms with E-state index in [2.05, 4.69) is 15.5 Å². The zero-order chi connectivity index (χ0) is 18.0. The number of carbonyl (C=O) groups is 1. The van der Waals surface area contributed by atoms with Gasteiger partial charge in [-0.15, -0.1) is 5.10 Å². The van der Waals surface area contributed by atoms with Crippen LogP contribution in [0.25, 0.3) is 0 Å². The molecule has 1 atom stereocenters. The highest BCUT2D eigenvalue weighted by molar-refractivity contribution is 8.00. The van der Waals surface area contributed by atoms with Crippen molar-refractivity contribution in [2.24, 2.45) is 0 Å². The van der Waals surface area contributed by atoms with Gasteiger partial charge in [-0.25, -0.2) is 9.89 Å². The predicted molar refractivity (Wildman–Crippen MR) is 94.6 cm³/mol. The Bertz CT molecular complexity index is 828. The lowest BCUT2D eigenvalue weighted by Crippen LogP contribution is -2.23. The number of aromatic amines is 1. The van der Waals surface area contributed by atoms with Gasteiger partial charge in [0.25, 0.3) is 0 Å². The van der Waals surface area contributed by atoms with E-state index in [0.29, 0.717) is 22.3 Å². The number of ether oxygens (including phenoxy) is 2. The molecule has 0 radical (unpaired) electrons. The molecule has 1 aromatic carbocycles. The number of amides is 1. The van der Waals surface area contributed by atoms with Gasteiger partial charge in [0.05, 0.1) is 19.5 Å². The second kappa shape index (κ2) is 7.22. The van der Waals surface area contributed by atoms with Gasteiger partial charge in [-0.05, 0) is 31.9 Å². The number of methoxy groups -OCH3 is 2. The second-order valence-electron chi connectivity index (χ2n) is 5.73. The molecule has 0 unspecified atom stereocenters. The van der Waals surface area contributed by atoms with Crippen LogP contribution in [0.5, 0.6) is 11.5 Å². The highest BCUT2D eigenvalue weighted by atomic mass is 32.2. The molecule has 9 heteroatoms. The Morgan fingerprint density at radius 1 is 1.36 bits per heavy atom. The van der Waals surface area contributed by atoms with E-state index >= 15 is 0 Å². The molecule has 1 saturated carbocycles. The summed E-state index contributed by atoms with van der Waals surface area (Å²) in [5.41, 5.74) is 0.384. The number of thioether (sulfide) groups is 1. The summed E-state index contributed by atoms with van der Waals surface area (Å²) in [7, 11) is 3.09. The first kappa shape index (κ1) is 17.4. The normalized spacial score (nSPS) is 14.8. The van der Waals surface area contributed by atoms with E-state index < -0.39 is 5.25 Å². The van der Waals surface area contributed by atoms with E-state index in [9.17, 15) is 9.59 Å². The predicted octanol–water partition coefficient (Wildman–Crippen LogP) is 2.04. The van der Waals surface area contributed by atoms with Crippen LogP contribution in [-0.4, -0.2) is 40.1 Å². The number of nitrogens with one attached hydrogen (secondary N) is 2.